The van der Waals surface area contributed by atoms with Crippen LogP contribution in [0.3, 0.4) is 0 Å². The predicted molar refractivity (Wildman–Crippen MR) is 139 cm³/mol. The Morgan fingerprint density at radius 1 is 1.05 bits per heavy atom. The van der Waals surface area contributed by atoms with Crippen molar-refractivity contribution in [3.05, 3.63) is 65.4 Å². The van der Waals surface area contributed by atoms with E-state index in [9.17, 15) is 23.2 Å². The van der Waals surface area contributed by atoms with Crippen LogP contribution in [0.15, 0.2) is 42.5 Å². The number of halogens is 2. The van der Waals surface area contributed by atoms with E-state index in [2.05, 4.69) is 24.1 Å². The maximum atomic E-state index is 14.4. The zero-order valence-corrected chi connectivity index (χ0v) is 21.6. The molecule has 4 heterocycles. The van der Waals surface area contributed by atoms with Gasteiger partial charge in [-0.25, -0.2) is 8.78 Å². The van der Waals surface area contributed by atoms with Gasteiger partial charge in [0.05, 0.1) is 17.1 Å². The Bertz CT molecular complexity index is 1550. The lowest BCUT2D eigenvalue weighted by molar-refractivity contribution is -0.141. The highest BCUT2D eigenvalue weighted by Gasteiger charge is 2.63. The number of para-hydroxylation sites is 1. The molecule has 0 unspecified atom stereocenters. The lowest BCUT2D eigenvalue weighted by atomic mass is 9.55. The van der Waals surface area contributed by atoms with E-state index < -0.39 is 35.2 Å². The topological polar surface area (TPSA) is 112 Å². The summed E-state index contributed by atoms with van der Waals surface area (Å²) in [6.07, 6.45) is 0.428. The first-order valence-electron chi connectivity index (χ1n) is 13.3. The third kappa shape index (κ3) is 3.21. The summed E-state index contributed by atoms with van der Waals surface area (Å²) in [6.45, 7) is 4.65. The zero-order valence-electron chi connectivity index (χ0n) is 21.6. The van der Waals surface area contributed by atoms with Gasteiger partial charge in [-0.3, -0.25) is 14.4 Å². The number of amides is 3. The van der Waals surface area contributed by atoms with E-state index in [0.29, 0.717) is 6.54 Å². The van der Waals surface area contributed by atoms with Gasteiger partial charge in [0.2, 0.25) is 11.8 Å². The number of nitrogens with two attached hydrogens (primary N) is 1. The van der Waals surface area contributed by atoms with Crippen molar-refractivity contribution in [3.8, 4) is 0 Å². The van der Waals surface area contributed by atoms with Crippen molar-refractivity contribution in [1.82, 2.24) is 14.8 Å². The molecule has 5 atom stereocenters. The average Bonchev–Trinajstić information content (AvgIpc) is 3.64. The Kier molecular flexibility index (Phi) is 4.90. The highest BCUT2D eigenvalue weighted by molar-refractivity contribution is 6.07. The highest BCUT2D eigenvalue weighted by atomic mass is 19.1. The largest absolute Gasteiger partial charge is 0.348 e. The minimum absolute atomic E-state index is 0.0156. The molecule has 1 saturated carbocycles. The van der Waals surface area contributed by atoms with E-state index in [4.69, 9.17) is 5.73 Å². The van der Waals surface area contributed by atoms with Crippen molar-refractivity contribution in [1.29, 1.82) is 0 Å². The molecule has 8 nitrogen and oxygen atoms in total. The summed E-state index contributed by atoms with van der Waals surface area (Å²) >= 11 is 0. The number of nitrogens with zero attached hydrogens (tertiary/aromatic N) is 2. The molecule has 3 aliphatic heterocycles. The number of H-pyrrole nitrogens is 1. The Morgan fingerprint density at radius 2 is 1.79 bits per heavy atom. The summed E-state index contributed by atoms with van der Waals surface area (Å²) in [5.41, 5.74) is 6.89. The Balaban J connectivity index is 1.24. The highest BCUT2D eigenvalue weighted by Crippen LogP contribution is 2.58. The SMILES string of the molecule is CC1(C)C[C@H]2CN(C(=O)c3cc4c(F)ccc(F)c4[nH]3)[C@H](C(=O)N3C[C@]4(C[C@H]3N)C(=O)Nc3ccccc34)[C@H]21. The number of hydrogen-bond acceptors (Lipinski definition) is 4. The van der Waals surface area contributed by atoms with Gasteiger partial charge in [-0.2, -0.15) is 0 Å². The molecule has 3 aromatic rings. The first kappa shape index (κ1) is 24.3. The lowest BCUT2D eigenvalue weighted by Crippen LogP contribution is -2.57. The first-order valence-corrected chi connectivity index (χ1v) is 13.3. The minimum Gasteiger partial charge on any atom is -0.348 e. The van der Waals surface area contributed by atoms with Gasteiger partial charge in [-0.05, 0) is 53.5 Å². The van der Waals surface area contributed by atoms with Crippen molar-refractivity contribution in [3.63, 3.8) is 0 Å². The van der Waals surface area contributed by atoms with Crippen LogP contribution in [0.4, 0.5) is 14.5 Å². The number of fused-ring (bicyclic) bond motifs is 4. The van der Waals surface area contributed by atoms with Crippen LogP contribution in [0, 0.1) is 28.9 Å². The summed E-state index contributed by atoms with van der Waals surface area (Å²) in [5, 5.41) is 2.91. The van der Waals surface area contributed by atoms with E-state index in [-0.39, 0.29) is 58.6 Å². The van der Waals surface area contributed by atoms with Crippen molar-refractivity contribution < 1.29 is 23.2 Å². The molecule has 3 fully saturated rings. The zero-order chi connectivity index (χ0) is 27.4. The van der Waals surface area contributed by atoms with Gasteiger partial charge in [-0.1, -0.05) is 32.0 Å². The molecule has 1 spiro atoms. The van der Waals surface area contributed by atoms with E-state index in [0.717, 1.165) is 29.8 Å². The maximum Gasteiger partial charge on any atom is 0.271 e. The molecule has 0 radical (unpaired) electrons. The van der Waals surface area contributed by atoms with Gasteiger partial charge in [0, 0.05) is 30.6 Å². The number of nitrogens with one attached hydrogen (secondary N) is 2. The second-order valence-corrected chi connectivity index (χ2v) is 12.2. The molecule has 1 aliphatic carbocycles. The quantitative estimate of drug-likeness (QED) is 0.469. The van der Waals surface area contributed by atoms with Crippen LogP contribution < -0.4 is 11.1 Å². The number of anilines is 1. The van der Waals surface area contributed by atoms with Crippen LogP contribution >= 0.6 is 0 Å². The van der Waals surface area contributed by atoms with Crippen LogP contribution in [0.1, 0.15) is 42.7 Å². The summed E-state index contributed by atoms with van der Waals surface area (Å²) in [4.78, 5) is 47.1. The van der Waals surface area contributed by atoms with Gasteiger partial charge in [0.1, 0.15) is 23.4 Å². The fraction of sp³-hybridized carbons (Fsp3) is 0.414. The van der Waals surface area contributed by atoms with Crippen LogP contribution in [-0.2, 0) is 15.0 Å². The number of carbonyl (C=O) groups excluding carboxylic acids is 3. The second-order valence-electron chi connectivity index (χ2n) is 12.2. The fourth-order valence-corrected chi connectivity index (χ4v) is 7.84. The predicted octanol–water partition coefficient (Wildman–Crippen LogP) is 3.34. The number of rotatable bonds is 2. The molecule has 202 valence electrons. The van der Waals surface area contributed by atoms with Crippen LogP contribution in [0.25, 0.3) is 10.9 Å². The molecular formula is C29H29F2N5O3. The van der Waals surface area contributed by atoms with Crippen molar-refractivity contribution in [2.75, 3.05) is 18.4 Å². The molecule has 2 aromatic carbocycles. The molecule has 7 rings (SSSR count). The molecule has 0 bridgehead atoms. The maximum absolute atomic E-state index is 14.4. The summed E-state index contributed by atoms with van der Waals surface area (Å²) < 4.78 is 28.7. The molecule has 4 N–H and O–H groups in total. The fourth-order valence-electron chi connectivity index (χ4n) is 7.84. The van der Waals surface area contributed by atoms with E-state index >= 15 is 0 Å². The average molecular weight is 534 g/mol. The van der Waals surface area contributed by atoms with Gasteiger partial charge in [0.25, 0.3) is 5.91 Å². The number of aromatic amines is 1. The molecule has 2 saturated heterocycles. The molecule has 4 aliphatic rings. The molecule has 1 aromatic heterocycles. The normalized spacial score (nSPS) is 30.4. The number of benzene rings is 2. The Morgan fingerprint density at radius 3 is 2.54 bits per heavy atom. The minimum atomic E-state index is -0.945. The van der Waals surface area contributed by atoms with Crippen LogP contribution in [0.2, 0.25) is 0 Å². The van der Waals surface area contributed by atoms with E-state index in [1.807, 2.05) is 24.3 Å². The van der Waals surface area contributed by atoms with Crippen molar-refractivity contribution in [2.45, 2.75) is 44.3 Å². The number of likely N-dealkylation sites (tertiary alicyclic amines) is 2. The van der Waals surface area contributed by atoms with Gasteiger partial charge < -0.3 is 25.8 Å². The Hall–Kier alpha value is -3.79. The second kappa shape index (κ2) is 7.88. The number of aromatic nitrogens is 1. The molecular weight excluding hydrogens is 504 g/mol. The standard InChI is InChI=1S/C29H29F2N5O3/c1-28(2)10-14-12-35(25(37)20-9-15-17(30)7-8-18(31)23(15)33-20)24(22(14)28)26(38)36-13-29(11-21(36)32)16-5-3-4-6-19(16)34-27(29)39/h3-9,14,21-22,24,33H,10-13,32H2,1-2H3,(H,34,39)/t14-,21-,22-,24-,29-/m0/s1. The molecule has 39 heavy (non-hydrogen) atoms. The smallest absolute Gasteiger partial charge is 0.271 e. The molecule has 10 heteroatoms. The monoisotopic (exact) mass is 533 g/mol. The number of hydrogen-bond donors (Lipinski definition) is 3. The van der Waals surface area contributed by atoms with Gasteiger partial charge in [0.15, 0.2) is 0 Å². The lowest BCUT2D eigenvalue weighted by Gasteiger charge is -2.49. The summed E-state index contributed by atoms with van der Waals surface area (Å²) in [6, 6.07) is 9.97. The Labute approximate surface area is 223 Å². The summed E-state index contributed by atoms with van der Waals surface area (Å²) in [5.74, 6) is -2.24. The van der Waals surface area contributed by atoms with Crippen LogP contribution in [-0.4, -0.2) is 57.8 Å². The van der Waals surface area contributed by atoms with Crippen molar-refractivity contribution in [2.24, 2.45) is 23.0 Å². The van der Waals surface area contributed by atoms with E-state index in [1.54, 1.807) is 4.90 Å². The van der Waals surface area contributed by atoms with Gasteiger partial charge >= 0.3 is 0 Å². The molecule has 3 amide bonds. The van der Waals surface area contributed by atoms with Crippen LogP contribution in [0.5, 0.6) is 0 Å². The van der Waals surface area contributed by atoms with Crippen molar-refractivity contribution >= 4 is 34.3 Å². The van der Waals surface area contributed by atoms with Gasteiger partial charge in [-0.15, -0.1) is 0 Å². The first-order chi connectivity index (χ1) is 18.5. The van der Waals surface area contributed by atoms with E-state index in [1.165, 1.54) is 11.0 Å². The third-order valence-electron chi connectivity index (χ3n) is 9.55. The summed E-state index contributed by atoms with van der Waals surface area (Å²) in [7, 11) is 0. The third-order valence-corrected chi connectivity index (χ3v) is 9.55. The number of carbonyl (C=O) groups is 3.